The van der Waals surface area contributed by atoms with Crippen LogP contribution in [0.25, 0.3) is 129 Å². The first-order valence-corrected chi connectivity index (χ1v) is 50.3. The Morgan fingerprint density at radius 3 is 0.543 bits per heavy atom. The molecule has 25 rings (SSSR count). The molecule has 8 heteroatoms. The highest BCUT2D eigenvalue weighted by Crippen LogP contribution is 2.46. The molecule has 680 valence electrons. The highest BCUT2D eigenvalue weighted by molar-refractivity contribution is 6.27. The van der Waals surface area contributed by atoms with Crippen LogP contribution >= 0.6 is 0 Å². The fourth-order valence-corrected chi connectivity index (χ4v) is 25.6. The Kier molecular flexibility index (Phi) is 21.0. The van der Waals surface area contributed by atoms with Gasteiger partial charge in [-0.1, -0.05) is 218 Å². The van der Waals surface area contributed by atoms with E-state index < -0.39 is 0 Å². The van der Waals surface area contributed by atoms with Crippen LogP contribution in [0.1, 0.15) is 156 Å². The lowest BCUT2D eigenvalue weighted by Gasteiger charge is -2.29. The van der Waals surface area contributed by atoms with Crippen LogP contribution in [0.4, 0.5) is 22.7 Å². The van der Waals surface area contributed by atoms with Crippen LogP contribution in [0.3, 0.4) is 0 Å². The van der Waals surface area contributed by atoms with E-state index in [1.165, 1.54) is 285 Å². The molecule has 0 atom stereocenters. The summed E-state index contributed by atoms with van der Waals surface area (Å²) in [5, 5.41) is 47.3. The smallest absolute Gasteiger partial charge is 0.192 e. The third kappa shape index (κ3) is 14.5. The van der Waals surface area contributed by atoms with Gasteiger partial charge in [0.1, 0.15) is 0 Å². The molecule has 24 aromatic rings. The monoisotopic (exact) mass is 1810 g/mol. The summed E-state index contributed by atoms with van der Waals surface area (Å²) in [6, 6.07) is 100. The molecular formula is C132H116N8+4. The maximum absolute atomic E-state index is 3.97. The number of hydrogen-bond acceptors (Lipinski definition) is 4. The zero-order valence-corrected chi connectivity index (χ0v) is 82.3. The third-order valence-corrected chi connectivity index (χ3v) is 33.5. The lowest BCUT2D eigenvalue weighted by molar-refractivity contribution is -0.687. The summed E-state index contributed by atoms with van der Waals surface area (Å²) in [7, 11) is 0. The van der Waals surface area contributed by atoms with Crippen molar-refractivity contribution in [2.24, 2.45) is 0 Å². The normalized spacial score (nSPS) is 12.5. The van der Waals surface area contributed by atoms with Crippen LogP contribution in [-0.4, -0.2) is 0 Å². The van der Waals surface area contributed by atoms with E-state index in [4.69, 9.17) is 0 Å². The van der Waals surface area contributed by atoms with E-state index in [0.717, 1.165) is 48.4 Å². The van der Waals surface area contributed by atoms with Crippen molar-refractivity contribution in [2.45, 2.75) is 161 Å². The van der Waals surface area contributed by atoms with Crippen molar-refractivity contribution in [1.82, 2.24) is 0 Å². The average Bonchev–Trinajstić information content (AvgIpc) is 0.751. The standard InChI is InChI=1S/C132H116N8/c1-77-113-61-115-78(2)117(85(9)122(83(115)7)74-138-58-18-30-106(70-138)134-66-102-46-42-98-38-34-90-22-14-26-94-50-54-110(102)130(98)126(90)94)63-119-80(4)120(88(12)124(87(119)11)76-140-60-20-32-108(72-140)136-68-104-48-44-100-40-36-92-24-16-28-96-52-56-112(104)132(100)128(92)96)64-118-79(3)116(84(8)123(86(118)10)75-139-59-19-31-107(71-139)135-67-103-47-43-99-39-35-91-23-15-27-95-51-55-111(103)131(99)127(91)95)62-114(77)82(6)121(81(113)5)73-137-57-17-29-105(69-137)133-65-101-45-41-97-37-33-89-21-13-25-93-49-53-109(101)129(97)125(89)93/h13-60,69-72,133-136H,61-68,73-76H2,1-12H3/q+4. The zero-order valence-electron chi connectivity index (χ0n) is 82.3. The molecule has 0 unspecified atom stereocenters. The molecule has 0 aliphatic heterocycles. The lowest BCUT2D eigenvalue weighted by Crippen LogP contribution is -2.35. The number of nitrogens with zero attached hydrogens (tertiary/aromatic N) is 4. The topological polar surface area (TPSA) is 63.6 Å². The first-order valence-electron chi connectivity index (χ1n) is 50.3. The number of rotatable bonds is 20. The minimum absolute atomic E-state index is 0.699. The number of aromatic nitrogens is 4. The highest BCUT2D eigenvalue weighted by atomic mass is 15.0. The molecule has 8 nitrogen and oxygen atoms in total. The van der Waals surface area contributed by atoms with Crippen LogP contribution < -0.4 is 39.5 Å². The Hall–Kier alpha value is -15.6. The van der Waals surface area contributed by atoms with Crippen molar-refractivity contribution in [3.8, 4) is 0 Å². The summed E-state index contributed by atoms with van der Waals surface area (Å²) in [5.41, 5.74) is 43.1. The van der Waals surface area contributed by atoms with Crippen molar-refractivity contribution in [3.05, 3.63) is 472 Å². The fourth-order valence-electron chi connectivity index (χ4n) is 25.6. The van der Waals surface area contributed by atoms with Crippen molar-refractivity contribution in [2.75, 3.05) is 21.3 Å². The van der Waals surface area contributed by atoms with Gasteiger partial charge >= 0.3 is 0 Å². The predicted octanol–water partition coefficient (Wildman–Crippen LogP) is 29.4. The van der Waals surface area contributed by atoms with Crippen LogP contribution in [0.2, 0.25) is 0 Å². The van der Waals surface area contributed by atoms with Gasteiger partial charge in [-0.3, -0.25) is 0 Å². The highest BCUT2D eigenvalue weighted by Gasteiger charge is 2.32. The molecule has 8 bridgehead atoms. The summed E-state index contributed by atoms with van der Waals surface area (Å²) >= 11 is 0. The number of hydrogen-bond donors (Lipinski definition) is 4. The van der Waals surface area contributed by atoms with Gasteiger partial charge in [-0.25, -0.2) is 0 Å². The molecule has 4 N–H and O–H groups in total. The van der Waals surface area contributed by atoms with Gasteiger partial charge in [-0.15, -0.1) is 0 Å². The minimum Gasteiger partial charge on any atom is -0.376 e. The molecule has 1 aliphatic carbocycles. The molecule has 4 heterocycles. The summed E-state index contributed by atoms with van der Waals surface area (Å²) in [5.74, 6) is 0. The third-order valence-electron chi connectivity index (χ3n) is 33.5. The molecule has 0 fully saturated rings. The number of nitrogens with one attached hydrogen (secondary N) is 4. The van der Waals surface area contributed by atoms with Crippen molar-refractivity contribution >= 4 is 152 Å². The molecule has 0 amide bonds. The quantitative estimate of drug-likeness (QED) is 0.0454. The summed E-state index contributed by atoms with van der Waals surface area (Å²) < 4.78 is 9.79. The molecule has 0 saturated carbocycles. The predicted molar refractivity (Wildman–Crippen MR) is 587 cm³/mol. The van der Waals surface area contributed by atoms with Gasteiger partial charge in [-0.2, -0.15) is 18.3 Å². The van der Waals surface area contributed by atoms with Gasteiger partial charge in [0.15, 0.2) is 75.8 Å². The second kappa shape index (κ2) is 34.2. The molecule has 4 aromatic heterocycles. The van der Waals surface area contributed by atoms with Gasteiger partial charge < -0.3 is 21.3 Å². The fraction of sp³-hybridized carbons (Fsp3) is 0.182. The Labute approximate surface area is 819 Å². The second-order valence-electron chi connectivity index (χ2n) is 40.7. The van der Waals surface area contributed by atoms with Crippen LogP contribution in [0, 0.1) is 83.1 Å². The Balaban J connectivity index is 0.622. The van der Waals surface area contributed by atoms with Crippen LogP contribution in [0.5, 0.6) is 0 Å². The summed E-state index contributed by atoms with van der Waals surface area (Å²) in [6.07, 6.45) is 21.7. The van der Waals surface area contributed by atoms with E-state index >= 15 is 0 Å². The molecule has 0 spiro atoms. The van der Waals surface area contributed by atoms with Crippen LogP contribution in [0.15, 0.2) is 316 Å². The van der Waals surface area contributed by atoms with Crippen LogP contribution in [-0.2, 0) is 78.0 Å². The number of anilines is 4. The lowest BCUT2D eigenvalue weighted by atomic mass is 9.76. The maximum atomic E-state index is 3.97. The Bertz CT molecular complexity index is 7990. The molecule has 0 radical (unpaired) electrons. The molecule has 1 aliphatic rings. The molecule has 140 heavy (non-hydrogen) atoms. The first kappa shape index (κ1) is 86.0. The minimum atomic E-state index is 0.699. The largest absolute Gasteiger partial charge is 0.376 e. The van der Waals surface area contributed by atoms with E-state index in [1.807, 2.05) is 0 Å². The van der Waals surface area contributed by atoms with Gasteiger partial charge in [0.25, 0.3) is 0 Å². The first-order chi connectivity index (χ1) is 68.3. The van der Waals surface area contributed by atoms with E-state index in [0.29, 0.717) is 52.4 Å². The number of pyridine rings is 4. The van der Waals surface area contributed by atoms with E-state index in [1.54, 1.807) is 0 Å². The zero-order chi connectivity index (χ0) is 94.7. The maximum Gasteiger partial charge on any atom is 0.192 e. The summed E-state index contributed by atoms with van der Waals surface area (Å²) in [4.78, 5) is 0. The van der Waals surface area contributed by atoms with Crippen molar-refractivity contribution in [3.63, 3.8) is 0 Å². The van der Waals surface area contributed by atoms with Gasteiger partial charge in [-0.05, 0) is 396 Å². The van der Waals surface area contributed by atoms with E-state index in [9.17, 15) is 0 Å². The average molecular weight is 1810 g/mol. The van der Waals surface area contributed by atoms with Gasteiger partial charge in [0, 0.05) is 72.7 Å². The summed E-state index contributed by atoms with van der Waals surface area (Å²) in [6.45, 7) is 35.3. The van der Waals surface area contributed by atoms with Crippen molar-refractivity contribution < 1.29 is 18.3 Å². The Morgan fingerprint density at radius 2 is 0.350 bits per heavy atom. The number of benzene rings is 20. The van der Waals surface area contributed by atoms with Gasteiger partial charge in [0.05, 0.1) is 22.7 Å². The molecule has 20 aromatic carbocycles. The van der Waals surface area contributed by atoms with Gasteiger partial charge in [0.2, 0.25) is 0 Å². The van der Waals surface area contributed by atoms with E-state index in [-0.39, 0.29) is 0 Å². The number of fused-ring (bicyclic) bond motifs is 8. The molecular weight excluding hydrogens is 1700 g/mol. The second-order valence-corrected chi connectivity index (χ2v) is 40.7. The van der Waals surface area contributed by atoms with E-state index in [2.05, 4.69) is 439 Å². The Morgan fingerprint density at radius 1 is 0.179 bits per heavy atom. The SMILES string of the molecule is Cc1c2c(C)c(C[n+]3cccc(NCc4ccc5ccc6cccc7ccc4c5c67)c3)c(C)c1Cc1c(C)c(c(C)c(C[n+]3cccc(NCc4ccc5ccc6cccc7ccc4c5c67)c3)c1C)Cc1c(C)c(c(C)c(C[n+]3cccc(NCc4ccc5ccc6cccc7ccc4c5c67)c3)c1C)Cc1c(C)c(c(C)c(C[n+]3cccc(NCc4ccc5ccc6cccc7ccc4c5c67)c3)c1C)C2. The van der Waals surface area contributed by atoms with Crippen molar-refractivity contribution in [1.29, 1.82) is 0 Å². The molecule has 0 saturated heterocycles.